The van der Waals surface area contributed by atoms with Crippen molar-refractivity contribution in [3.8, 4) is 0 Å². The van der Waals surface area contributed by atoms with E-state index in [4.69, 9.17) is 33.2 Å². The third-order valence-corrected chi connectivity index (χ3v) is 7.34. The zero-order valence-corrected chi connectivity index (χ0v) is 12.5. The summed E-state index contributed by atoms with van der Waals surface area (Å²) in [6.07, 6.45) is 7.32. The summed E-state index contributed by atoms with van der Waals surface area (Å²) in [5.74, 6) is 0. The molecule has 0 nitrogen and oxygen atoms in total. The van der Waals surface area contributed by atoms with Crippen LogP contribution < -0.4 is 0 Å². The third-order valence-electron chi connectivity index (χ3n) is 2.58. The monoisotopic (exact) mass is 292 g/mol. The molecule has 0 fully saturated rings. The number of hydrogen-bond donors (Lipinski definition) is 0. The average molecular weight is 294 g/mol. The maximum absolute atomic E-state index is 11.8. The fraction of sp³-hybridized carbons (Fsp3) is 1.00. The lowest BCUT2D eigenvalue weighted by molar-refractivity contribution is 0.449. The Morgan fingerprint density at radius 2 is 1.40 bits per heavy atom. The molecule has 1 atom stereocenters. The molecule has 1 unspecified atom stereocenters. The largest absolute Gasteiger partial charge is 0.344 e. The minimum absolute atomic E-state index is 0.185. The van der Waals surface area contributed by atoms with E-state index >= 15 is 0 Å². The fourth-order valence-electron chi connectivity index (χ4n) is 1.42. The lowest BCUT2D eigenvalue weighted by atomic mass is 10.1. The molecule has 0 rings (SSSR count). The molecule has 0 spiro atoms. The van der Waals surface area contributed by atoms with E-state index in [1.54, 1.807) is 0 Å². The summed E-state index contributed by atoms with van der Waals surface area (Å²) in [5, 5.41) is 0. The van der Waals surface area contributed by atoms with Gasteiger partial charge in [-0.05, 0) is 18.4 Å². The highest BCUT2D eigenvalue weighted by molar-refractivity contribution is 7.65. The smallest absolute Gasteiger partial charge is 0.251 e. The van der Waals surface area contributed by atoms with Gasteiger partial charge in [-0.1, -0.05) is 39.0 Å². The van der Waals surface area contributed by atoms with Gasteiger partial charge in [-0.15, -0.1) is 33.2 Å². The lowest BCUT2D eigenvalue weighted by Gasteiger charge is -2.16. The molecule has 0 saturated carbocycles. The van der Waals surface area contributed by atoms with Crippen LogP contribution in [0.2, 0.25) is 5.54 Å². The van der Waals surface area contributed by atoms with Crippen molar-refractivity contribution in [2.45, 2.75) is 57.4 Å². The Hall–Kier alpha value is 1.02. The van der Waals surface area contributed by atoms with E-state index in [2.05, 4.69) is 0 Å². The van der Waals surface area contributed by atoms with Crippen molar-refractivity contribution in [1.82, 2.24) is 0 Å². The van der Waals surface area contributed by atoms with Crippen LogP contribution >= 0.6 is 33.2 Å². The summed E-state index contributed by atoms with van der Waals surface area (Å²) in [6, 6.07) is -2.47. The molecule has 0 aromatic rings. The molecule has 0 aliphatic carbocycles. The molecule has 0 bridgehead atoms. The highest BCUT2D eigenvalue weighted by atomic mass is 35.8. The second-order valence-corrected chi connectivity index (χ2v) is 13.2. The van der Waals surface area contributed by atoms with E-state index in [1.165, 1.54) is 12.8 Å². The molecule has 0 aliphatic rings. The molecular weight excluding hydrogens is 274 g/mol. The molecule has 0 aliphatic heterocycles. The van der Waals surface area contributed by atoms with Crippen LogP contribution in [-0.2, 0) is 0 Å². The van der Waals surface area contributed by atoms with E-state index in [-0.39, 0.29) is 12.2 Å². The highest BCUT2D eigenvalue weighted by Crippen LogP contribution is 2.36. The molecule has 0 radical (unpaired) electrons. The number of rotatable bonds is 9. The minimum atomic E-state index is -2.47. The van der Waals surface area contributed by atoms with Crippen molar-refractivity contribution in [3.63, 3.8) is 0 Å². The van der Waals surface area contributed by atoms with Gasteiger partial charge in [0.15, 0.2) is 0 Å². The molecule has 0 saturated heterocycles. The van der Waals surface area contributed by atoms with Gasteiger partial charge < -0.3 is 0 Å². The standard InChI is InChI=1S/C10H20Cl3FSi/c1-10(15(11,12)13)8-6-4-2-3-5-7-9-14/h10H,2-9H2,1H3. The number of halogens is 4. The quantitative estimate of drug-likeness (QED) is 0.289. The van der Waals surface area contributed by atoms with Crippen LogP contribution in [0.1, 0.15) is 51.9 Å². The summed E-state index contributed by atoms with van der Waals surface area (Å²) in [6.45, 7) is 1.83. The Balaban J connectivity index is 3.24. The molecular formula is C10H20Cl3FSi. The van der Waals surface area contributed by atoms with E-state index in [0.717, 1.165) is 25.7 Å². The summed E-state index contributed by atoms with van der Waals surface area (Å²) in [5.41, 5.74) is 0.244. The van der Waals surface area contributed by atoms with E-state index in [0.29, 0.717) is 6.42 Å². The SMILES string of the molecule is CC(CCCCCCCCF)[Si](Cl)(Cl)Cl. The van der Waals surface area contributed by atoms with Crippen LogP contribution in [0.3, 0.4) is 0 Å². The summed E-state index contributed by atoms with van der Waals surface area (Å²) in [4.78, 5) is 0. The zero-order chi connectivity index (χ0) is 11.7. The summed E-state index contributed by atoms with van der Waals surface area (Å²) < 4.78 is 11.8. The fourth-order valence-corrected chi connectivity index (χ4v) is 2.93. The van der Waals surface area contributed by atoms with Gasteiger partial charge in [-0.2, -0.15) is 0 Å². The van der Waals surface area contributed by atoms with Crippen LogP contribution in [0.25, 0.3) is 0 Å². The molecule has 92 valence electrons. The van der Waals surface area contributed by atoms with Crippen LogP contribution in [0.15, 0.2) is 0 Å². The molecule has 0 amide bonds. The van der Waals surface area contributed by atoms with Crippen molar-refractivity contribution in [2.75, 3.05) is 6.67 Å². The summed E-state index contributed by atoms with van der Waals surface area (Å²) in [7, 11) is 0. The van der Waals surface area contributed by atoms with E-state index in [1.807, 2.05) is 6.92 Å². The Bertz CT molecular complexity index is 150. The van der Waals surface area contributed by atoms with E-state index < -0.39 is 6.00 Å². The van der Waals surface area contributed by atoms with Gasteiger partial charge in [-0.3, -0.25) is 4.39 Å². The number of unbranched alkanes of at least 4 members (excludes halogenated alkanes) is 5. The van der Waals surface area contributed by atoms with Crippen molar-refractivity contribution in [3.05, 3.63) is 0 Å². The summed E-state index contributed by atoms with van der Waals surface area (Å²) >= 11 is 17.7. The Kier molecular flexibility index (Phi) is 9.71. The predicted octanol–water partition coefficient (Wildman–Crippen LogP) is 5.73. The van der Waals surface area contributed by atoms with Crippen LogP contribution in [0, 0.1) is 0 Å². The first-order chi connectivity index (χ1) is 6.98. The zero-order valence-electron chi connectivity index (χ0n) is 9.25. The first kappa shape index (κ1) is 16.0. The third kappa shape index (κ3) is 9.92. The second kappa shape index (κ2) is 9.09. The van der Waals surface area contributed by atoms with Crippen molar-refractivity contribution >= 4 is 39.2 Å². The molecule has 0 aromatic carbocycles. The minimum Gasteiger partial charge on any atom is -0.251 e. The van der Waals surface area contributed by atoms with Crippen LogP contribution in [0.5, 0.6) is 0 Å². The van der Waals surface area contributed by atoms with Gasteiger partial charge in [0.2, 0.25) is 0 Å². The van der Waals surface area contributed by atoms with E-state index in [9.17, 15) is 4.39 Å². The first-order valence-corrected chi connectivity index (χ1v) is 10.7. The van der Waals surface area contributed by atoms with Gasteiger partial charge in [0.25, 0.3) is 0 Å². The van der Waals surface area contributed by atoms with Gasteiger partial charge >= 0.3 is 6.00 Å². The first-order valence-electron chi connectivity index (χ1n) is 5.61. The normalized spacial score (nSPS) is 14.2. The molecule has 0 N–H and O–H groups in total. The molecule has 5 heteroatoms. The predicted molar refractivity (Wildman–Crippen MR) is 71.0 cm³/mol. The molecule has 0 heterocycles. The topological polar surface area (TPSA) is 0 Å². The van der Waals surface area contributed by atoms with Crippen molar-refractivity contribution in [2.24, 2.45) is 0 Å². The highest BCUT2D eigenvalue weighted by Gasteiger charge is 2.32. The molecule has 0 aromatic heterocycles. The van der Waals surface area contributed by atoms with Crippen molar-refractivity contribution < 1.29 is 4.39 Å². The Labute approximate surface area is 108 Å². The van der Waals surface area contributed by atoms with Crippen LogP contribution in [0.4, 0.5) is 4.39 Å². The van der Waals surface area contributed by atoms with Crippen LogP contribution in [-0.4, -0.2) is 12.7 Å². The van der Waals surface area contributed by atoms with Gasteiger partial charge in [0, 0.05) is 0 Å². The van der Waals surface area contributed by atoms with Gasteiger partial charge in [0.1, 0.15) is 0 Å². The van der Waals surface area contributed by atoms with Gasteiger partial charge in [-0.25, -0.2) is 0 Å². The Morgan fingerprint density at radius 1 is 0.933 bits per heavy atom. The Morgan fingerprint density at radius 3 is 1.87 bits per heavy atom. The number of alkyl halides is 1. The van der Waals surface area contributed by atoms with Gasteiger partial charge in [0.05, 0.1) is 6.67 Å². The molecule has 15 heavy (non-hydrogen) atoms. The average Bonchev–Trinajstić information content (AvgIpc) is 2.14. The van der Waals surface area contributed by atoms with Crippen molar-refractivity contribution in [1.29, 1.82) is 0 Å². The second-order valence-electron chi connectivity index (χ2n) is 4.04. The maximum Gasteiger partial charge on any atom is 0.344 e. The maximum atomic E-state index is 11.8. The number of hydrogen-bond acceptors (Lipinski definition) is 0. The lowest BCUT2D eigenvalue weighted by Crippen LogP contribution is -2.16.